The summed E-state index contributed by atoms with van der Waals surface area (Å²) in [6.07, 6.45) is 1.52. The number of benzene rings is 2. The van der Waals surface area contributed by atoms with Crippen LogP contribution in [-0.2, 0) is 0 Å². The van der Waals surface area contributed by atoms with Crippen LogP contribution >= 0.6 is 0 Å². The molecule has 0 saturated heterocycles. The first-order valence-corrected chi connectivity index (χ1v) is 6.50. The van der Waals surface area contributed by atoms with Crippen LogP contribution in [0.3, 0.4) is 0 Å². The molecule has 0 aliphatic carbocycles. The molecule has 5 nitrogen and oxygen atoms in total. The maximum atomic E-state index is 12.4. The third-order valence-corrected chi connectivity index (χ3v) is 3.21. The lowest BCUT2D eigenvalue weighted by Crippen LogP contribution is -2.14. The number of fused-ring (bicyclic) bond motifs is 1. The molecule has 0 saturated carbocycles. The molecular weight excluding hydrogens is 264 g/mol. The maximum absolute atomic E-state index is 12.4. The number of hydrazine groups is 1. The number of para-hydroxylation sites is 1. The van der Waals surface area contributed by atoms with Crippen molar-refractivity contribution < 1.29 is 4.79 Å². The van der Waals surface area contributed by atoms with E-state index >= 15 is 0 Å². The van der Waals surface area contributed by atoms with Crippen LogP contribution in [0.1, 0.15) is 10.4 Å². The molecule has 0 atom stereocenters. The number of nitrogens with one attached hydrogen (secondary N) is 2. The number of nitrogen functional groups attached to an aromatic ring is 1. The Hall–Kier alpha value is -2.92. The molecule has 4 N–H and O–H groups in total. The Morgan fingerprint density at radius 1 is 0.952 bits per heavy atom. The second-order valence-electron chi connectivity index (χ2n) is 4.53. The lowest BCUT2D eigenvalue weighted by atomic mass is 10.1. The second kappa shape index (κ2) is 5.60. The Kier molecular flexibility index (Phi) is 3.49. The lowest BCUT2D eigenvalue weighted by molar-refractivity contribution is 0.102. The number of aromatic nitrogens is 1. The number of nitrogens with two attached hydrogens (primary N) is 1. The van der Waals surface area contributed by atoms with E-state index in [9.17, 15) is 4.79 Å². The van der Waals surface area contributed by atoms with Gasteiger partial charge in [-0.05, 0) is 17.5 Å². The summed E-state index contributed by atoms with van der Waals surface area (Å²) in [5.74, 6) is 5.80. The van der Waals surface area contributed by atoms with Crippen LogP contribution in [0.15, 0.2) is 60.8 Å². The Labute approximate surface area is 121 Å². The van der Waals surface area contributed by atoms with Gasteiger partial charge in [0.05, 0.1) is 5.56 Å². The van der Waals surface area contributed by atoms with Crippen molar-refractivity contribution in [2.75, 3.05) is 10.7 Å². The molecule has 21 heavy (non-hydrogen) atoms. The number of rotatable bonds is 3. The molecule has 0 spiro atoms. The number of hydrogen-bond donors (Lipinski definition) is 3. The van der Waals surface area contributed by atoms with Gasteiger partial charge in [0.15, 0.2) is 0 Å². The minimum atomic E-state index is -0.200. The smallest absolute Gasteiger partial charge is 0.257 e. The Bertz CT molecular complexity index is 787. The molecule has 1 aromatic heterocycles. The number of hydrogen-bond acceptors (Lipinski definition) is 4. The number of carbonyl (C=O) groups is 1. The summed E-state index contributed by atoms with van der Waals surface area (Å²) < 4.78 is 0. The van der Waals surface area contributed by atoms with Gasteiger partial charge in [-0.1, -0.05) is 42.5 Å². The summed E-state index contributed by atoms with van der Waals surface area (Å²) in [5.41, 5.74) is 3.79. The average Bonchev–Trinajstić information content (AvgIpc) is 2.54. The van der Waals surface area contributed by atoms with Crippen molar-refractivity contribution in [3.63, 3.8) is 0 Å². The molecule has 3 aromatic rings. The highest BCUT2D eigenvalue weighted by molar-refractivity contribution is 6.14. The molecule has 0 aliphatic rings. The van der Waals surface area contributed by atoms with Gasteiger partial charge in [-0.3, -0.25) is 4.79 Å². The summed E-state index contributed by atoms with van der Waals surface area (Å²) in [6.45, 7) is 0. The quantitative estimate of drug-likeness (QED) is 0.508. The molecule has 0 aliphatic heterocycles. The number of nitrogens with zero attached hydrogens (tertiary/aromatic N) is 1. The predicted octanol–water partition coefficient (Wildman–Crippen LogP) is 2.77. The zero-order valence-corrected chi connectivity index (χ0v) is 11.2. The van der Waals surface area contributed by atoms with Gasteiger partial charge >= 0.3 is 0 Å². The molecule has 3 rings (SSSR count). The summed E-state index contributed by atoms with van der Waals surface area (Å²) in [6, 6.07) is 16.8. The van der Waals surface area contributed by atoms with Crippen molar-refractivity contribution in [2.45, 2.75) is 0 Å². The highest BCUT2D eigenvalue weighted by Gasteiger charge is 2.13. The largest absolute Gasteiger partial charge is 0.322 e. The second-order valence-corrected chi connectivity index (χ2v) is 4.53. The van der Waals surface area contributed by atoms with Crippen molar-refractivity contribution in [1.29, 1.82) is 0 Å². The van der Waals surface area contributed by atoms with Gasteiger partial charge in [0.1, 0.15) is 5.82 Å². The first-order valence-electron chi connectivity index (χ1n) is 6.50. The number of anilines is 2. The molecule has 0 radical (unpaired) electrons. The monoisotopic (exact) mass is 278 g/mol. The summed E-state index contributed by atoms with van der Waals surface area (Å²) in [4.78, 5) is 16.6. The molecule has 2 aromatic carbocycles. The van der Waals surface area contributed by atoms with E-state index in [2.05, 4.69) is 15.7 Å². The van der Waals surface area contributed by atoms with Gasteiger partial charge < -0.3 is 10.7 Å². The standard InChI is InChI=1S/C16H14N4O/c17-20-15-13-9-5-4-8-12(13)14(10-18-15)16(21)19-11-6-2-1-3-7-11/h1-10H,17H2,(H,18,20)(H,19,21). The molecular formula is C16H14N4O. The van der Waals surface area contributed by atoms with E-state index < -0.39 is 0 Å². The Morgan fingerprint density at radius 3 is 2.33 bits per heavy atom. The van der Waals surface area contributed by atoms with E-state index in [0.717, 1.165) is 16.5 Å². The molecule has 5 heteroatoms. The lowest BCUT2D eigenvalue weighted by Gasteiger charge is -2.10. The van der Waals surface area contributed by atoms with Gasteiger partial charge in [0, 0.05) is 17.3 Å². The van der Waals surface area contributed by atoms with Gasteiger partial charge in [-0.15, -0.1) is 0 Å². The van der Waals surface area contributed by atoms with E-state index in [1.54, 1.807) is 0 Å². The SMILES string of the molecule is NNc1ncc(C(=O)Nc2ccccc2)c2ccccc12. The van der Waals surface area contributed by atoms with Crippen LogP contribution < -0.4 is 16.6 Å². The normalized spacial score (nSPS) is 10.3. The van der Waals surface area contributed by atoms with Crippen LogP contribution in [0.4, 0.5) is 11.5 Å². The van der Waals surface area contributed by atoms with Crippen molar-refractivity contribution >= 4 is 28.2 Å². The number of carbonyl (C=O) groups excluding carboxylic acids is 1. The third-order valence-electron chi connectivity index (χ3n) is 3.21. The number of amides is 1. The van der Waals surface area contributed by atoms with E-state index in [4.69, 9.17) is 5.84 Å². The maximum Gasteiger partial charge on any atom is 0.257 e. The number of pyridine rings is 1. The Balaban J connectivity index is 2.03. The van der Waals surface area contributed by atoms with Crippen LogP contribution in [0, 0.1) is 0 Å². The van der Waals surface area contributed by atoms with Crippen molar-refractivity contribution in [1.82, 2.24) is 4.98 Å². The molecule has 0 bridgehead atoms. The van der Waals surface area contributed by atoms with Crippen molar-refractivity contribution in [3.05, 3.63) is 66.4 Å². The fraction of sp³-hybridized carbons (Fsp3) is 0. The average molecular weight is 278 g/mol. The van der Waals surface area contributed by atoms with E-state index in [0.29, 0.717) is 11.4 Å². The summed E-state index contributed by atoms with van der Waals surface area (Å²) >= 11 is 0. The molecule has 1 amide bonds. The van der Waals surface area contributed by atoms with Crippen molar-refractivity contribution in [2.24, 2.45) is 5.84 Å². The molecule has 0 fully saturated rings. The van der Waals surface area contributed by atoms with E-state index in [1.807, 2.05) is 54.6 Å². The van der Waals surface area contributed by atoms with Crippen LogP contribution in [0.2, 0.25) is 0 Å². The molecule has 0 unspecified atom stereocenters. The topological polar surface area (TPSA) is 80.0 Å². The van der Waals surface area contributed by atoms with Gasteiger partial charge in [-0.25, -0.2) is 10.8 Å². The summed E-state index contributed by atoms with van der Waals surface area (Å²) in [7, 11) is 0. The Morgan fingerprint density at radius 2 is 1.62 bits per heavy atom. The van der Waals surface area contributed by atoms with E-state index in [-0.39, 0.29) is 5.91 Å². The van der Waals surface area contributed by atoms with Crippen LogP contribution in [0.25, 0.3) is 10.8 Å². The fourth-order valence-corrected chi connectivity index (χ4v) is 2.21. The van der Waals surface area contributed by atoms with Crippen molar-refractivity contribution in [3.8, 4) is 0 Å². The first kappa shape index (κ1) is 13.1. The fourth-order valence-electron chi connectivity index (χ4n) is 2.21. The molecule has 104 valence electrons. The highest BCUT2D eigenvalue weighted by atomic mass is 16.1. The first-order chi connectivity index (χ1) is 10.3. The third kappa shape index (κ3) is 2.54. The zero-order chi connectivity index (χ0) is 14.7. The van der Waals surface area contributed by atoms with Crippen LogP contribution in [0.5, 0.6) is 0 Å². The zero-order valence-electron chi connectivity index (χ0n) is 11.2. The van der Waals surface area contributed by atoms with Gasteiger partial charge in [-0.2, -0.15) is 0 Å². The predicted molar refractivity (Wildman–Crippen MR) is 83.9 cm³/mol. The van der Waals surface area contributed by atoms with E-state index in [1.165, 1.54) is 6.20 Å². The van der Waals surface area contributed by atoms with Gasteiger partial charge in [0.2, 0.25) is 0 Å². The minimum absolute atomic E-state index is 0.200. The summed E-state index contributed by atoms with van der Waals surface area (Å²) in [5, 5.41) is 4.46. The highest BCUT2D eigenvalue weighted by Crippen LogP contribution is 2.24. The van der Waals surface area contributed by atoms with Crippen LogP contribution in [-0.4, -0.2) is 10.9 Å². The molecule has 1 heterocycles. The van der Waals surface area contributed by atoms with Gasteiger partial charge in [0.25, 0.3) is 5.91 Å². The minimum Gasteiger partial charge on any atom is -0.322 e.